The number of ether oxygens (including phenoxy) is 1. The van der Waals surface area contributed by atoms with Gasteiger partial charge in [0.1, 0.15) is 5.75 Å². The summed E-state index contributed by atoms with van der Waals surface area (Å²) >= 11 is 0. The Labute approximate surface area is 129 Å². The van der Waals surface area contributed by atoms with Crippen molar-refractivity contribution in [1.82, 2.24) is 0 Å². The first-order chi connectivity index (χ1) is 10.5. The Balaban J connectivity index is 2.09. The molecule has 1 unspecified atom stereocenters. The lowest BCUT2D eigenvalue weighted by atomic mass is 10.2. The summed E-state index contributed by atoms with van der Waals surface area (Å²) in [5.74, 6) is -0.599. The van der Waals surface area contributed by atoms with Crippen LogP contribution in [-0.4, -0.2) is 17.9 Å². The van der Waals surface area contributed by atoms with Gasteiger partial charge >= 0.3 is 0 Å². The Morgan fingerprint density at radius 3 is 2.41 bits per heavy atom. The molecule has 2 amide bonds. The van der Waals surface area contributed by atoms with E-state index in [4.69, 9.17) is 10.5 Å². The molecule has 0 aliphatic carbocycles. The second kappa shape index (κ2) is 6.76. The lowest BCUT2D eigenvalue weighted by Gasteiger charge is -2.17. The molecular formula is C17H18N2O3. The van der Waals surface area contributed by atoms with Crippen molar-refractivity contribution in [3.05, 3.63) is 59.7 Å². The minimum Gasteiger partial charge on any atom is -0.480 e. The molecule has 0 aliphatic heterocycles. The van der Waals surface area contributed by atoms with E-state index in [9.17, 15) is 9.59 Å². The van der Waals surface area contributed by atoms with Crippen molar-refractivity contribution in [3.8, 4) is 5.75 Å². The molecule has 1 atom stereocenters. The third kappa shape index (κ3) is 3.63. The van der Waals surface area contributed by atoms with Gasteiger partial charge in [-0.3, -0.25) is 9.59 Å². The van der Waals surface area contributed by atoms with Crippen molar-refractivity contribution >= 4 is 17.5 Å². The second-order valence-electron chi connectivity index (χ2n) is 4.92. The topological polar surface area (TPSA) is 81.4 Å². The summed E-state index contributed by atoms with van der Waals surface area (Å²) in [6.07, 6.45) is -0.764. The highest BCUT2D eigenvalue weighted by atomic mass is 16.5. The first-order valence-corrected chi connectivity index (χ1v) is 6.91. The standard InChI is InChI=1S/C17H18N2O3/c1-11-7-3-5-9-14(11)19-17(21)12(2)22-15-10-6-4-8-13(15)16(18)20/h3-10,12H,1-2H3,(H2,18,20)(H,19,21). The lowest BCUT2D eigenvalue weighted by Crippen LogP contribution is -2.31. The Bertz CT molecular complexity index is 698. The molecule has 0 radical (unpaired) electrons. The van der Waals surface area contributed by atoms with Crippen LogP contribution >= 0.6 is 0 Å². The number of nitrogens with one attached hydrogen (secondary N) is 1. The normalized spacial score (nSPS) is 11.5. The van der Waals surface area contributed by atoms with Gasteiger partial charge in [0.2, 0.25) is 0 Å². The third-order valence-electron chi connectivity index (χ3n) is 3.23. The van der Waals surface area contributed by atoms with Crippen LogP contribution in [0.3, 0.4) is 0 Å². The van der Waals surface area contributed by atoms with Gasteiger partial charge in [0.15, 0.2) is 6.10 Å². The number of amides is 2. The number of anilines is 1. The number of aryl methyl sites for hydroxylation is 1. The van der Waals surface area contributed by atoms with Gasteiger partial charge in [-0.1, -0.05) is 30.3 Å². The van der Waals surface area contributed by atoms with Crippen molar-refractivity contribution in [2.45, 2.75) is 20.0 Å². The summed E-state index contributed by atoms with van der Waals surface area (Å²) in [6.45, 7) is 3.52. The smallest absolute Gasteiger partial charge is 0.265 e. The van der Waals surface area contributed by atoms with Crippen LogP contribution in [0.5, 0.6) is 5.75 Å². The number of benzene rings is 2. The lowest BCUT2D eigenvalue weighted by molar-refractivity contribution is -0.122. The zero-order valence-electron chi connectivity index (χ0n) is 12.5. The van der Waals surface area contributed by atoms with Gasteiger partial charge in [-0.25, -0.2) is 0 Å². The predicted molar refractivity (Wildman–Crippen MR) is 84.9 cm³/mol. The number of rotatable bonds is 5. The van der Waals surface area contributed by atoms with E-state index in [0.717, 1.165) is 11.3 Å². The fourth-order valence-corrected chi connectivity index (χ4v) is 1.96. The Morgan fingerprint density at radius 1 is 1.09 bits per heavy atom. The number of hydrogen-bond acceptors (Lipinski definition) is 3. The van der Waals surface area contributed by atoms with Crippen molar-refractivity contribution in [3.63, 3.8) is 0 Å². The first-order valence-electron chi connectivity index (χ1n) is 6.91. The molecule has 2 rings (SSSR count). The Morgan fingerprint density at radius 2 is 1.73 bits per heavy atom. The highest BCUT2D eigenvalue weighted by molar-refractivity contribution is 5.97. The molecule has 0 bridgehead atoms. The third-order valence-corrected chi connectivity index (χ3v) is 3.23. The van der Waals surface area contributed by atoms with Crippen molar-refractivity contribution < 1.29 is 14.3 Å². The maximum Gasteiger partial charge on any atom is 0.265 e. The molecule has 5 nitrogen and oxygen atoms in total. The molecule has 0 aromatic heterocycles. The molecular weight excluding hydrogens is 280 g/mol. The second-order valence-corrected chi connectivity index (χ2v) is 4.92. The maximum absolute atomic E-state index is 12.2. The summed E-state index contributed by atoms with van der Waals surface area (Å²) < 4.78 is 5.57. The SMILES string of the molecule is Cc1ccccc1NC(=O)C(C)Oc1ccccc1C(N)=O. The van der Waals surface area contributed by atoms with Gasteiger partial charge in [0, 0.05) is 5.69 Å². The van der Waals surface area contributed by atoms with Crippen LogP contribution in [0, 0.1) is 6.92 Å². The zero-order valence-corrected chi connectivity index (χ0v) is 12.5. The number of hydrogen-bond donors (Lipinski definition) is 2. The van der Waals surface area contributed by atoms with Crippen LogP contribution < -0.4 is 15.8 Å². The summed E-state index contributed by atoms with van der Waals surface area (Å²) in [5, 5.41) is 2.80. The minimum atomic E-state index is -0.764. The van der Waals surface area contributed by atoms with E-state index >= 15 is 0 Å². The van der Waals surface area contributed by atoms with E-state index in [0.29, 0.717) is 5.75 Å². The molecule has 0 heterocycles. The Kier molecular flexibility index (Phi) is 4.78. The van der Waals surface area contributed by atoms with Crippen LogP contribution in [0.15, 0.2) is 48.5 Å². The summed E-state index contributed by atoms with van der Waals surface area (Å²) in [7, 11) is 0. The van der Waals surface area contributed by atoms with E-state index in [2.05, 4.69) is 5.32 Å². The predicted octanol–water partition coefficient (Wildman–Crippen LogP) is 2.50. The molecule has 3 N–H and O–H groups in total. The van der Waals surface area contributed by atoms with E-state index < -0.39 is 12.0 Å². The van der Waals surface area contributed by atoms with Gasteiger partial charge in [-0.2, -0.15) is 0 Å². The maximum atomic E-state index is 12.2. The minimum absolute atomic E-state index is 0.248. The van der Waals surface area contributed by atoms with E-state index in [1.54, 1.807) is 31.2 Å². The molecule has 0 spiro atoms. The van der Waals surface area contributed by atoms with Crippen LogP contribution in [0.4, 0.5) is 5.69 Å². The van der Waals surface area contributed by atoms with Crippen LogP contribution in [-0.2, 0) is 4.79 Å². The summed E-state index contributed by atoms with van der Waals surface area (Å²) in [4.78, 5) is 23.5. The molecule has 0 fully saturated rings. The molecule has 2 aromatic carbocycles. The zero-order chi connectivity index (χ0) is 16.1. The average Bonchev–Trinajstić information content (AvgIpc) is 2.49. The summed E-state index contributed by atoms with van der Waals surface area (Å²) in [5.41, 5.74) is 7.23. The highest BCUT2D eigenvalue weighted by Gasteiger charge is 2.18. The largest absolute Gasteiger partial charge is 0.480 e. The molecule has 0 aliphatic rings. The van der Waals surface area contributed by atoms with Crippen molar-refractivity contribution in [2.24, 2.45) is 5.73 Å². The molecule has 0 saturated carbocycles. The van der Waals surface area contributed by atoms with Crippen LogP contribution in [0.25, 0.3) is 0 Å². The fraction of sp³-hybridized carbons (Fsp3) is 0.176. The number of carbonyl (C=O) groups is 2. The van der Waals surface area contributed by atoms with Crippen LogP contribution in [0.1, 0.15) is 22.8 Å². The van der Waals surface area contributed by atoms with Gasteiger partial charge in [-0.05, 0) is 37.6 Å². The number of primary amides is 1. The monoisotopic (exact) mass is 298 g/mol. The Hall–Kier alpha value is -2.82. The fourth-order valence-electron chi connectivity index (χ4n) is 1.96. The molecule has 114 valence electrons. The van der Waals surface area contributed by atoms with E-state index in [-0.39, 0.29) is 11.5 Å². The van der Waals surface area contributed by atoms with E-state index in [1.807, 2.05) is 31.2 Å². The molecule has 22 heavy (non-hydrogen) atoms. The molecule has 0 saturated heterocycles. The van der Waals surface area contributed by atoms with Crippen molar-refractivity contribution in [1.29, 1.82) is 0 Å². The van der Waals surface area contributed by atoms with Crippen molar-refractivity contribution in [2.75, 3.05) is 5.32 Å². The number of nitrogens with two attached hydrogens (primary N) is 1. The van der Waals surface area contributed by atoms with Gasteiger partial charge in [-0.15, -0.1) is 0 Å². The van der Waals surface area contributed by atoms with Gasteiger partial charge < -0.3 is 15.8 Å². The highest BCUT2D eigenvalue weighted by Crippen LogP contribution is 2.20. The average molecular weight is 298 g/mol. The quantitative estimate of drug-likeness (QED) is 0.889. The molecule has 5 heteroatoms. The van der Waals surface area contributed by atoms with Crippen LogP contribution in [0.2, 0.25) is 0 Å². The number of para-hydroxylation sites is 2. The molecule has 2 aromatic rings. The number of carbonyl (C=O) groups excluding carboxylic acids is 2. The summed E-state index contributed by atoms with van der Waals surface area (Å²) in [6, 6.07) is 14.0. The van der Waals surface area contributed by atoms with Gasteiger partial charge in [0.25, 0.3) is 11.8 Å². The van der Waals surface area contributed by atoms with E-state index in [1.165, 1.54) is 0 Å². The van der Waals surface area contributed by atoms with Gasteiger partial charge in [0.05, 0.1) is 5.56 Å². The first kappa shape index (κ1) is 15.6.